The van der Waals surface area contributed by atoms with Gasteiger partial charge in [0.15, 0.2) is 21.5 Å². The Hall–Kier alpha value is -1.99. The number of rotatable bonds is 5. The van der Waals surface area contributed by atoms with Crippen molar-refractivity contribution in [2.24, 2.45) is 0 Å². The molecule has 0 aliphatic rings. The predicted octanol–water partition coefficient (Wildman–Crippen LogP) is 2.48. The van der Waals surface area contributed by atoms with Gasteiger partial charge in [0.2, 0.25) is 0 Å². The molecule has 0 aliphatic carbocycles. The first-order valence-corrected chi connectivity index (χ1v) is 8.22. The Kier molecular flexibility index (Phi) is 4.77. The molecular formula is C15H14F2O4S. The molecule has 7 heteroatoms. The maximum Gasteiger partial charge on any atom is 0.175 e. The van der Waals surface area contributed by atoms with Crippen molar-refractivity contribution in [1.82, 2.24) is 0 Å². The molecule has 22 heavy (non-hydrogen) atoms. The second kappa shape index (κ2) is 6.41. The van der Waals surface area contributed by atoms with E-state index >= 15 is 0 Å². The minimum absolute atomic E-state index is 0.154. The van der Waals surface area contributed by atoms with E-state index in [0.29, 0.717) is 5.75 Å². The lowest BCUT2D eigenvalue weighted by atomic mass is 10.1. The average Bonchev–Trinajstić information content (AvgIpc) is 2.47. The van der Waals surface area contributed by atoms with Crippen LogP contribution in [0.3, 0.4) is 0 Å². The Morgan fingerprint density at radius 1 is 1.09 bits per heavy atom. The van der Waals surface area contributed by atoms with Gasteiger partial charge in [-0.2, -0.15) is 0 Å². The van der Waals surface area contributed by atoms with E-state index in [4.69, 9.17) is 4.74 Å². The third-order valence-electron chi connectivity index (χ3n) is 2.99. The molecular weight excluding hydrogens is 314 g/mol. The minimum atomic E-state index is -3.28. The summed E-state index contributed by atoms with van der Waals surface area (Å²) >= 11 is 0. The average molecular weight is 328 g/mol. The third-order valence-corrected chi connectivity index (χ3v) is 4.12. The Balaban J connectivity index is 2.01. The fourth-order valence-corrected chi connectivity index (χ4v) is 2.40. The van der Waals surface area contributed by atoms with Crippen LogP contribution in [0, 0.1) is 11.6 Å². The summed E-state index contributed by atoms with van der Waals surface area (Å²) in [7, 11) is -3.28. The number of aliphatic hydroxyl groups is 1. The zero-order valence-corrected chi connectivity index (χ0v) is 12.5. The lowest BCUT2D eigenvalue weighted by molar-refractivity contribution is 0.108. The molecule has 2 aromatic carbocycles. The highest BCUT2D eigenvalue weighted by molar-refractivity contribution is 7.90. The monoisotopic (exact) mass is 328 g/mol. The Bertz CT molecular complexity index is 758. The van der Waals surface area contributed by atoms with Crippen molar-refractivity contribution in [2.45, 2.75) is 11.0 Å². The van der Waals surface area contributed by atoms with Crippen molar-refractivity contribution in [3.05, 3.63) is 59.7 Å². The summed E-state index contributed by atoms with van der Waals surface area (Å²) in [6.07, 6.45) is -0.0416. The summed E-state index contributed by atoms with van der Waals surface area (Å²) in [5.41, 5.74) is 0.187. The smallest absolute Gasteiger partial charge is 0.175 e. The van der Waals surface area contributed by atoms with Crippen molar-refractivity contribution >= 4 is 9.84 Å². The van der Waals surface area contributed by atoms with Crippen LogP contribution in [0.1, 0.15) is 11.7 Å². The first kappa shape index (κ1) is 16.4. The number of halogens is 2. The highest BCUT2D eigenvalue weighted by Crippen LogP contribution is 2.20. The van der Waals surface area contributed by atoms with Gasteiger partial charge in [0.1, 0.15) is 18.5 Å². The number of ether oxygens (including phenoxy) is 1. The van der Waals surface area contributed by atoms with Crippen molar-refractivity contribution in [3.8, 4) is 5.75 Å². The normalized spacial score (nSPS) is 12.9. The summed E-state index contributed by atoms with van der Waals surface area (Å²) < 4.78 is 53.8. The molecule has 0 bridgehead atoms. The molecule has 0 aromatic heterocycles. The van der Waals surface area contributed by atoms with E-state index in [1.165, 1.54) is 30.3 Å². The fourth-order valence-electron chi connectivity index (χ4n) is 1.77. The predicted molar refractivity (Wildman–Crippen MR) is 76.4 cm³/mol. The second-order valence-corrected chi connectivity index (χ2v) is 6.76. The molecule has 0 fully saturated rings. The molecule has 1 N–H and O–H groups in total. The van der Waals surface area contributed by atoms with Gasteiger partial charge in [-0.15, -0.1) is 0 Å². The zero-order valence-electron chi connectivity index (χ0n) is 11.7. The summed E-state index contributed by atoms with van der Waals surface area (Å²) in [6, 6.07) is 8.76. The molecule has 0 amide bonds. The summed E-state index contributed by atoms with van der Waals surface area (Å²) in [5.74, 6) is -1.68. The van der Waals surface area contributed by atoms with Gasteiger partial charge in [-0.3, -0.25) is 0 Å². The van der Waals surface area contributed by atoms with Gasteiger partial charge in [-0.1, -0.05) is 6.07 Å². The Morgan fingerprint density at radius 2 is 1.73 bits per heavy atom. The highest BCUT2D eigenvalue weighted by Gasteiger charge is 2.12. The molecule has 0 saturated heterocycles. The van der Waals surface area contributed by atoms with Crippen LogP contribution < -0.4 is 4.74 Å². The number of sulfone groups is 1. The van der Waals surface area contributed by atoms with E-state index in [9.17, 15) is 22.3 Å². The highest BCUT2D eigenvalue weighted by atomic mass is 32.2. The van der Waals surface area contributed by atoms with Crippen molar-refractivity contribution in [3.63, 3.8) is 0 Å². The molecule has 0 aliphatic heterocycles. The second-order valence-electron chi connectivity index (χ2n) is 4.74. The van der Waals surface area contributed by atoms with E-state index in [0.717, 1.165) is 18.4 Å². The summed E-state index contributed by atoms with van der Waals surface area (Å²) in [6.45, 7) is -0.177. The van der Waals surface area contributed by atoms with Crippen LogP contribution in [0.5, 0.6) is 5.75 Å². The van der Waals surface area contributed by atoms with Crippen LogP contribution >= 0.6 is 0 Å². The molecule has 0 spiro atoms. The Morgan fingerprint density at radius 3 is 2.27 bits per heavy atom. The van der Waals surface area contributed by atoms with Gasteiger partial charge in [-0.25, -0.2) is 17.2 Å². The molecule has 118 valence electrons. The van der Waals surface area contributed by atoms with Crippen LogP contribution in [0.15, 0.2) is 47.4 Å². The van der Waals surface area contributed by atoms with Gasteiger partial charge >= 0.3 is 0 Å². The minimum Gasteiger partial charge on any atom is -0.491 e. The first-order chi connectivity index (χ1) is 10.3. The van der Waals surface area contributed by atoms with Crippen molar-refractivity contribution in [1.29, 1.82) is 0 Å². The van der Waals surface area contributed by atoms with Crippen LogP contribution in [0.4, 0.5) is 8.78 Å². The summed E-state index contributed by atoms with van der Waals surface area (Å²) in [5, 5.41) is 9.87. The SMILES string of the molecule is CS(=O)(=O)c1ccc(OCC(O)c2ccc(F)c(F)c2)cc1. The van der Waals surface area contributed by atoms with E-state index in [1.807, 2.05) is 0 Å². The molecule has 1 atom stereocenters. The molecule has 4 nitrogen and oxygen atoms in total. The van der Waals surface area contributed by atoms with Crippen LogP contribution in [-0.4, -0.2) is 26.4 Å². The molecule has 2 aromatic rings. The number of hydrogen-bond donors (Lipinski definition) is 1. The number of hydrogen-bond acceptors (Lipinski definition) is 4. The number of aliphatic hydroxyl groups excluding tert-OH is 1. The molecule has 2 rings (SSSR count). The molecule has 1 unspecified atom stereocenters. The van der Waals surface area contributed by atoms with Gasteiger partial charge < -0.3 is 9.84 Å². The number of benzene rings is 2. The van der Waals surface area contributed by atoms with Crippen LogP contribution in [0.2, 0.25) is 0 Å². The van der Waals surface area contributed by atoms with Gasteiger partial charge in [0, 0.05) is 6.26 Å². The molecule has 0 saturated carbocycles. The van der Waals surface area contributed by atoms with E-state index in [1.54, 1.807) is 0 Å². The van der Waals surface area contributed by atoms with Crippen LogP contribution in [-0.2, 0) is 9.84 Å². The van der Waals surface area contributed by atoms with E-state index < -0.39 is 27.6 Å². The lowest BCUT2D eigenvalue weighted by Gasteiger charge is -2.13. The van der Waals surface area contributed by atoms with Crippen LogP contribution in [0.25, 0.3) is 0 Å². The largest absolute Gasteiger partial charge is 0.491 e. The lowest BCUT2D eigenvalue weighted by Crippen LogP contribution is -2.10. The zero-order chi connectivity index (χ0) is 16.3. The van der Waals surface area contributed by atoms with E-state index in [-0.39, 0.29) is 17.1 Å². The van der Waals surface area contributed by atoms with E-state index in [2.05, 4.69) is 0 Å². The van der Waals surface area contributed by atoms with Gasteiger partial charge in [-0.05, 0) is 42.0 Å². The van der Waals surface area contributed by atoms with Gasteiger partial charge in [0.05, 0.1) is 4.90 Å². The maximum absolute atomic E-state index is 13.1. The van der Waals surface area contributed by atoms with Crippen molar-refractivity contribution in [2.75, 3.05) is 12.9 Å². The molecule has 0 heterocycles. The summed E-state index contributed by atoms with van der Waals surface area (Å²) in [4.78, 5) is 0.154. The van der Waals surface area contributed by atoms with Crippen molar-refractivity contribution < 1.29 is 27.0 Å². The maximum atomic E-state index is 13.1. The fraction of sp³-hybridized carbons (Fsp3) is 0.200. The third kappa shape index (κ3) is 4.02. The topological polar surface area (TPSA) is 63.6 Å². The first-order valence-electron chi connectivity index (χ1n) is 6.33. The molecule has 0 radical (unpaired) electrons. The quantitative estimate of drug-likeness (QED) is 0.916. The standard InChI is InChI=1S/C15H14F2O4S/c1-22(19,20)12-5-3-11(4-6-12)21-9-15(18)10-2-7-13(16)14(17)8-10/h2-8,15,18H,9H2,1H3. The Labute approximate surface area is 126 Å². The van der Waals surface area contributed by atoms with Gasteiger partial charge in [0.25, 0.3) is 0 Å².